The second-order valence-corrected chi connectivity index (χ2v) is 8.63. The Morgan fingerprint density at radius 3 is 2.32 bits per heavy atom. The number of rotatable bonds is 10. The summed E-state index contributed by atoms with van der Waals surface area (Å²) < 4.78 is 38.1. The summed E-state index contributed by atoms with van der Waals surface area (Å²) >= 11 is 3.36. The zero-order valence-electron chi connectivity index (χ0n) is 15.7. The van der Waals surface area contributed by atoms with Crippen molar-refractivity contribution in [1.82, 2.24) is 9.62 Å². The van der Waals surface area contributed by atoms with E-state index < -0.39 is 10.0 Å². The van der Waals surface area contributed by atoms with Gasteiger partial charge in [0.2, 0.25) is 10.0 Å². The first-order chi connectivity index (χ1) is 13.3. The van der Waals surface area contributed by atoms with E-state index in [0.717, 1.165) is 10.2 Å². The highest BCUT2D eigenvalue weighted by molar-refractivity contribution is 9.10. The van der Waals surface area contributed by atoms with E-state index in [1.165, 1.54) is 36.3 Å². The van der Waals surface area contributed by atoms with Crippen LogP contribution in [-0.2, 0) is 14.8 Å². The van der Waals surface area contributed by atoms with Crippen LogP contribution in [0.3, 0.4) is 0 Å². The van der Waals surface area contributed by atoms with Crippen LogP contribution in [0.4, 0.5) is 0 Å². The topological polar surface area (TPSA) is 84.9 Å². The fourth-order valence-corrected chi connectivity index (χ4v) is 3.57. The van der Waals surface area contributed by atoms with Crippen LogP contribution >= 0.6 is 15.9 Å². The van der Waals surface area contributed by atoms with E-state index >= 15 is 0 Å². The second-order valence-electron chi connectivity index (χ2n) is 5.94. The molecule has 0 aliphatic carbocycles. The van der Waals surface area contributed by atoms with Crippen LogP contribution in [0.5, 0.6) is 5.75 Å². The fraction of sp³-hybridized carbons (Fsp3) is 0.316. The zero-order chi connectivity index (χ0) is 20.6. The molecule has 152 valence electrons. The van der Waals surface area contributed by atoms with Gasteiger partial charge in [-0.25, -0.2) is 13.1 Å². The summed E-state index contributed by atoms with van der Waals surface area (Å²) in [6.45, 7) is 1.21. The lowest BCUT2D eigenvalue weighted by Crippen LogP contribution is -2.31. The molecule has 0 heterocycles. The summed E-state index contributed by atoms with van der Waals surface area (Å²) in [5, 5.41) is 0. The molecular formula is C19H23BrN2O5S. The molecule has 0 aliphatic heterocycles. The standard InChI is InChI=1S/C19H23BrN2O5S/c1-22(12-14-27-17-7-5-16(20)6-8-17)19(23)15-3-9-18(10-4-15)28(24,25)21-11-13-26-2/h3-10,21H,11-14H2,1-2H3. The van der Waals surface area contributed by atoms with Crippen molar-refractivity contribution in [2.24, 2.45) is 0 Å². The third-order valence-electron chi connectivity index (χ3n) is 3.87. The highest BCUT2D eigenvalue weighted by Gasteiger charge is 2.16. The Hall–Kier alpha value is -1.94. The third-order valence-corrected chi connectivity index (χ3v) is 5.87. The summed E-state index contributed by atoms with van der Waals surface area (Å²) in [5.74, 6) is 0.510. The second kappa shape index (κ2) is 10.6. The van der Waals surface area contributed by atoms with E-state index in [-0.39, 0.29) is 24.0 Å². The monoisotopic (exact) mass is 470 g/mol. The van der Waals surface area contributed by atoms with Gasteiger partial charge in [0.15, 0.2) is 0 Å². The van der Waals surface area contributed by atoms with Crippen LogP contribution in [0.25, 0.3) is 0 Å². The third kappa shape index (κ3) is 6.59. The molecule has 2 rings (SSSR count). The predicted octanol–water partition coefficient (Wildman–Crippen LogP) is 2.52. The van der Waals surface area contributed by atoms with Gasteiger partial charge >= 0.3 is 0 Å². The lowest BCUT2D eigenvalue weighted by atomic mass is 10.2. The zero-order valence-corrected chi connectivity index (χ0v) is 18.1. The number of ether oxygens (including phenoxy) is 2. The number of hydrogen-bond donors (Lipinski definition) is 1. The van der Waals surface area contributed by atoms with Crippen molar-refractivity contribution < 1.29 is 22.7 Å². The van der Waals surface area contributed by atoms with Gasteiger partial charge in [-0.15, -0.1) is 0 Å². The summed E-state index contributed by atoms with van der Waals surface area (Å²) in [5.41, 5.74) is 0.405. The number of hydrogen-bond acceptors (Lipinski definition) is 5. The Bertz CT molecular complexity index is 870. The quantitative estimate of drug-likeness (QED) is 0.539. The SMILES string of the molecule is COCCNS(=O)(=O)c1ccc(C(=O)N(C)CCOc2ccc(Br)cc2)cc1. The maximum Gasteiger partial charge on any atom is 0.253 e. The van der Waals surface area contributed by atoms with Crippen molar-refractivity contribution in [3.63, 3.8) is 0 Å². The summed E-state index contributed by atoms with van der Waals surface area (Å²) in [6, 6.07) is 13.3. The van der Waals surface area contributed by atoms with E-state index in [2.05, 4.69) is 20.7 Å². The van der Waals surface area contributed by atoms with E-state index in [1.807, 2.05) is 24.3 Å². The van der Waals surface area contributed by atoms with Gasteiger partial charge in [-0.2, -0.15) is 0 Å². The van der Waals surface area contributed by atoms with Crippen LogP contribution in [-0.4, -0.2) is 59.7 Å². The van der Waals surface area contributed by atoms with Gasteiger partial charge in [0.05, 0.1) is 18.0 Å². The number of sulfonamides is 1. The molecule has 0 spiro atoms. The van der Waals surface area contributed by atoms with Gasteiger partial charge in [-0.1, -0.05) is 15.9 Å². The van der Waals surface area contributed by atoms with Gasteiger partial charge in [0.1, 0.15) is 12.4 Å². The van der Waals surface area contributed by atoms with E-state index in [4.69, 9.17) is 9.47 Å². The van der Waals surface area contributed by atoms with Crippen molar-refractivity contribution in [1.29, 1.82) is 0 Å². The molecule has 1 amide bonds. The van der Waals surface area contributed by atoms with E-state index in [1.54, 1.807) is 7.05 Å². The number of nitrogens with zero attached hydrogens (tertiary/aromatic N) is 1. The minimum Gasteiger partial charge on any atom is -0.492 e. The molecule has 0 saturated heterocycles. The number of benzene rings is 2. The molecule has 0 unspecified atom stereocenters. The van der Waals surface area contributed by atoms with Crippen LogP contribution in [0, 0.1) is 0 Å². The van der Waals surface area contributed by atoms with Crippen LogP contribution < -0.4 is 9.46 Å². The number of carbonyl (C=O) groups excluding carboxylic acids is 1. The first-order valence-electron chi connectivity index (χ1n) is 8.56. The molecule has 0 saturated carbocycles. The van der Waals surface area contributed by atoms with Crippen molar-refractivity contribution in [2.75, 3.05) is 40.5 Å². The van der Waals surface area contributed by atoms with Crippen LogP contribution in [0.15, 0.2) is 57.9 Å². The molecule has 0 aromatic heterocycles. The number of likely N-dealkylation sites (N-methyl/N-ethyl adjacent to an activating group) is 1. The predicted molar refractivity (Wildman–Crippen MR) is 110 cm³/mol. The Kier molecular flexibility index (Phi) is 8.43. The average Bonchev–Trinajstić information content (AvgIpc) is 2.69. The number of carbonyl (C=O) groups is 1. The Balaban J connectivity index is 1.89. The maximum atomic E-state index is 12.5. The van der Waals surface area contributed by atoms with Gasteiger partial charge in [-0.3, -0.25) is 4.79 Å². The fourth-order valence-electron chi connectivity index (χ4n) is 2.29. The van der Waals surface area contributed by atoms with E-state index in [9.17, 15) is 13.2 Å². The Labute approximate surface area is 173 Å². The van der Waals surface area contributed by atoms with E-state index in [0.29, 0.717) is 18.7 Å². The van der Waals surface area contributed by atoms with Crippen molar-refractivity contribution in [2.45, 2.75) is 4.90 Å². The average molecular weight is 471 g/mol. The maximum absolute atomic E-state index is 12.5. The molecule has 7 nitrogen and oxygen atoms in total. The largest absolute Gasteiger partial charge is 0.492 e. The summed E-state index contributed by atoms with van der Waals surface area (Å²) in [7, 11) is -0.455. The molecule has 0 aliphatic rings. The van der Waals surface area contributed by atoms with Crippen LogP contribution in [0.1, 0.15) is 10.4 Å². The molecule has 0 atom stereocenters. The number of nitrogens with one attached hydrogen (secondary N) is 1. The molecule has 0 fully saturated rings. The molecular weight excluding hydrogens is 448 g/mol. The highest BCUT2D eigenvalue weighted by Crippen LogP contribution is 2.16. The van der Waals surface area contributed by atoms with Crippen molar-refractivity contribution >= 4 is 31.9 Å². The summed E-state index contributed by atoms with van der Waals surface area (Å²) in [6.07, 6.45) is 0. The molecule has 28 heavy (non-hydrogen) atoms. The normalized spacial score (nSPS) is 11.2. The Morgan fingerprint density at radius 1 is 1.07 bits per heavy atom. The molecule has 0 bridgehead atoms. The minimum atomic E-state index is -3.62. The molecule has 2 aromatic rings. The lowest BCUT2D eigenvalue weighted by molar-refractivity contribution is 0.0773. The van der Waals surface area contributed by atoms with Crippen LogP contribution in [0.2, 0.25) is 0 Å². The van der Waals surface area contributed by atoms with Gasteiger partial charge in [0, 0.05) is 30.7 Å². The first kappa shape index (κ1) is 22.4. The number of halogens is 1. The Morgan fingerprint density at radius 2 is 1.71 bits per heavy atom. The van der Waals surface area contributed by atoms with Crippen molar-refractivity contribution in [3.8, 4) is 5.75 Å². The van der Waals surface area contributed by atoms with Crippen molar-refractivity contribution in [3.05, 3.63) is 58.6 Å². The van der Waals surface area contributed by atoms with Gasteiger partial charge < -0.3 is 14.4 Å². The highest BCUT2D eigenvalue weighted by atomic mass is 79.9. The smallest absolute Gasteiger partial charge is 0.253 e. The molecule has 0 radical (unpaired) electrons. The molecule has 1 N–H and O–H groups in total. The molecule has 9 heteroatoms. The first-order valence-corrected chi connectivity index (χ1v) is 10.8. The lowest BCUT2D eigenvalue weighted by Gasteiger charge is -2.18. The van der Waals surface area contributed by atoms with Gasteiger partial charge in [0.25, 0.3) is 5.91 Å². The van der Waals surface area contributed by atoms with Gasteiger partial charge in [-0.05, 0) is 48.5 Å². The number of methoxy groups -OCH3 is 1. The minimum absolute atomic E-state index is 0.0985. The molecule has 2 aromatic carbocycles. The number of amides is 1. The summed E-state index contributed by atoms with van der Waals surface area (Å²) in [4.78, 5) is 14.1.